The fourth-order valence-corrected chi connectivity index (χ4v) is 3.78. The van der Waals surface area contributed by atoms with Crippen LogP contribution in [-0.2, 0) is 6.54 Å². The van der Waals surface area contributed by atoms with E-state index in [0.717, 1.165) is 11.0 Å². The second-order valence-corrected chi connectivity index (χ2v) is 6.87. The molecule has 0 amide bonds. The lowest BCUT2D eigenvalue weighted by Crippen LogP contribution is -2.42. The van der Waals surface area contributed by atoms with Crippen molar-refractivity contribution >= 4 is 23.2 Å². The number of hydrogen-bond acceptors (Lipinski definition) is 1. The van der Waals surface area contributed by atoms with Crippen LogP contribution < -0.4 is 0 Å². The molecule has 3 rings (SSSR count). The Bertz CT molecular complexity index is 630. The molecule has 1 saturated heterocycles. The number of pyridine rings is 1. The van der Waals surface area contributed by atoms with Crippen molar-refractivity contribution in [2.45, 2.75) is 25.4 Å². The van der Waals surface area contributed by atoms with E-state index in [0.29, 0.717) is 16.1 Å². The van der Waals surface area contributed by atoms with Crippen molar-refractivity contribution in [3.63, 3.8) is 0 Å². The molecule has 1 aliphatic rings. The van der Waals surface area contributed by atoms with Crippen molar-refractivity contribution in [3.8, 4) is 0 Å². The fourth-order valence-electron chi connectivity index (χ4n) is 3.46. The third kappa shape index (κ3) is 3.08. The summed E-state index contributed by atoms with van der Waals surface area (Å²) in [6.07, 6.45) is 6.30. The summed E-state index contributed by atoms with van der Waals surface area (Å²) in [5.74, 6) is 0. The molecule has 1 fully saturated rings. The minimum absolute atomic E-state index is 0.508. The summed E-state index contributed by atoms with van der Waals surface area (Å²) in [6.45, 7) is 2.15. The van der Waals surface area contributed by atoms with Gasteiger partial charge in [0.2, 0.25) is 0 Å². The largest absolute Gasteiger partial charge is 0.316 e. The minimum atomic E-state index is 0.508. The van der Waals surface area contributed by atoms with Crippen LogP contribution in [0.4, 0.5) is 0 Å². The van der Waals surface area contributed by atoms with Crippen LogP contribution in [-0.4, -0.2) is 23.1 Å². The molecule has 1 unspecified atom stereocenters. The average Bonchev–Trinajstić information content (AvgIpc) is 2.85. The first-order valence-electron chi connectivity index (χ1n) is 7.26. The highest BCUT2D eigenvalue weighted by Gasteiger charge is 2.39. The quantitative estimate of drug-likeness (QED) is 0.735. The Morgan fingerprint density at radius 2 is 2.10 bits per heavy atom. The predicted molar refractivity (Wildman–Crippen MR) is 87.4 cm³/mol. The van der Waals surface area contributed by atoms with Gasteiger partial charge in [-0.05, 0) is 18.2 Å². The van der Waals surface area contributed by atoms with Crippen molar-refractivity contribution in [1.82, 2.24) is 4.98 Å². The second-order valence-electron chi connectivity index (χ2n) is 6.05. The molecular formula is C17H19Cl2N2+. The summed E-state index contributed by atoms with van der Waals surface area (Å²) in [7, 11) is 2.33. The molecule has 0 spiro atoms. The molecule has 1 aliphatic heterocycles. The Morgan fingerprint density at radius 3 is 2.81 bits per heavy atom. The zero-order valence-electron chi connectivity index (χ0n) is 12.1. The van der Waals surface area contributed by atoms with Crippen molar-refractivity contribution in [2.24, 2.45) is 0 Å². The van der Waals surface area contributed by atoms with Crippen LogP contribution in [0.2, 0.25) is 10.0 Å². The van der Waals surface area contributed by atoms with E-state index in [2.05, 4.69) is 24.2 Å². The van der Waals surface area contributed by atoms with Gasteiger partial charge in [0.05, 0.1) is 23.6 Å². The van der Waals surface area contributed by atoms with Gasteiger partial charge in [0.15, 0.2) is 0 Å². The SMILES string of the molecule is C[N+]1(Cc2ccc(Cl)c(Cl)c2)CCC[C@@H]1c1cccnc1. The van der Waals surface area contributed by atoms with E-state index in [-0.39, 0.29) is 0 Å². The van der Waals surface area contributed by atoms with E-state index in [4.69, 9.17) is 23.2 Å². The van der Waals surface area contributed by atoms with Gasteiger partial charge in [-0.25, -0.2) is 0 Å². The molecule has 1 aromatic heterocycles. The Balaban J connectivity index is 1.86. The van der Waals surface area contributed by atoms with Crippen LogP contribution in [0.5, 0.6) is 0 Å². The molecular weight excluding hydrogens is 303 g/mol. The van der Waals surface area contributed by atoms with E-state index in [1.165, 1.54) is 30.5 Å². The van der Waals surface area contributed by atoms with Gasteiger partial charge in [-0.1, -0.05) is 35.3 Å². The van der Waals surface area contributed by atoms with E-state index in [9.17, 15) is 0 Å². The number of likely N-dealkylation sites (tertiary alicyclic amines) is 1. The number of aromatic nitrogens is 1. The van der Waals surface area contributed by atoms with E-state index >= 15 is 0 Å². The standard InChI is InChI=1S/C17H19Cl2N2/c1-21(12-13-6-7-15(18)16(19)10-13)9-3-5-17(21)14-4-2-8-20-11-14/h2,4,6-8,10-11,17H,3,5,9,12H2,1H3/q+1/t17-,21?/m1/s1. The summed E-state index contributed by atoms with van der Waals surface area (Å²) >= 11 is 12.2. The monoisotopic (exact) mass is 321 g/mol. The molecule has 2 nitrogen and oxygen atoms in total. The first-order chi connectivity index (χ1) is 10.1. The molecule has 1 aromatic carbocycles. The van der Waals surface area contributed by atoms with Gasteiger partial charge < -0.3 is 4.48 Å². The van der Waals surface area contributed by atoms with E-state index in [1.54, 1.807) is 0 Å². The average molecular weight is 322 g/mol. The topological polar surface area (TPSA) is 12.9 Å². The van der Waals surface area contributed by atoms with Gasteiger partial charge in [-0.2, -0.15) is 0 Å². The number of quaternary nitrogens is 1. The van der Waals surface area contributed by atoms with Gasteiger partial charge in [-0.15, -0.1) is 0 Å². The van der Waals surface area contributed by atoms with Crippen LogP contribution in [0.3, 0.4) is 0 Å². The highest BCUT2D eigenvalue weighted by Crippen LogP contribution is 2.39. The number of benzene rings is 1. The Hall–Kier alpha value is -1.09. The molecule has 2 aromatic rings. The molecule has 21 heavy (non-hydrogen) atoms. The lowest BCUT2D eigenvalue weighted by molar-refractivity contribution is -0.939. The van der Waals surface area contributed by atoms with Crippen LogP contribution in [0, 0.1) is 0 Å². The maximum atomic E-state index is 6.15. The van der Waals surface area contributed by atoms with E-state index in [1.807, 2.05) is 30.6 Å². The first-order valence-corrected chi connectivity index (χ1v) is 8.02. The Labute approximate surface area is 135 Å². The molecule has 110 valence electrons. The zero-order valence-corrected chi connectivity index (χ0v) is 13.6. The number of nitrogens with zero attached hydrogens (tertiary/aromatic N) is 2. The smallest absolute Gasteiger partial charge is 0.116 e. The zero-order chi connectivity index (χ0) is 14.9. The van der Waals surface area contributed by atoms with Crippen LogP contribution in [0.25, 0.3) is 0 Å². The molecule has 0 aliphatic carbocycles. The van der Waals surface area contributed by atoms with Crippen LogP contribution in [0.1, 0.15) is 30.0 Å². The molecule has 2 heterocycles. The number of rotatable bonds is 3. The Kier molecular flexibility index (Phi) is 4.21. The van der Waals surface area contributed by atoms with Crippen LogP contribution in [0.15, 0.2) is 42.7 Å². The third-order valence-corrected chi connectivity index (χ3v) is 5.23. The highest BCUT2D eigenvalue weighted by atomic mass is 35.5. The van der Waals surface area contributed by atoms with Gasteiger partial charge in [0.25, 0.3) is 0 Å². The van der Waals surface area contributed by atoms with Gasteiger partial charge in [0.1, 0.15) is 12.6 Å². The summed E-state index contributed by atoms with van der Waals surface area (Å²) in [4.78, 5) is 4.28. The van der Waals surface area contributed by atoms with Gasteiger partial charge in [0, 0.05) is 36.4 Å². The number of hydrogen-bond donors (Lipinski definition) is 0. The third-order valence-electron chi connectivity index (χ3n) is 4.50. The minimum Gasteiger partial charge on any atom is -0.316 e. The maximum Gasteiger partial charge on any atom is 0.116 e. The normalized spacial score (nSPS) is 25.2. The lowest BCUT2D eigenvalue weighted by Gasteiger charge is -2.36. The summed E-state index contributed by atoms with van der Waals surface area (Å²) < 4.78 is 1.00. The molecule has 0 N–H and O–H groups in total. The maximum absolute atomic E-state index is 6.15. The second kappa shape index (κ2) is 5.96. The van der Waals surface area contributed by atoms with Crippen molar-refractivity contribution < 1.29 is 4.48 Å². The van der Waals surface area contributed by atoms with E-state index < -0.39 is 0 Å². The van der Waals surface area contributed by atoms with Gasteiger partial charge >= 0.3 is 0 Å². The molecule has 0 bridgehead atoms. The summed E-state index contributed by atoms with van der Waals surface area (Å²) in [5, 5.41) is 1.26. The van der Waals surface area contributed by atoms with Crippen molar-refractivity contribution in [2.75, 3.05) is 13.6 Å². The van der Waals surface area contributed by atoms with Crippen LogP contribution >= 0.6 is 23.2 Å². The molecule has 2 atom stereocenters. The highest BCUT2D eigenvalue weighted by molar-refractivity contribution is 6.42. The fraction of sp³-hybridized carbons (Fsp3) is 0.353. The first kappa shape index (κ1) is 14.8. The summed E-state index contributed by atoms with van der Waals surface area (Å²) in [5.41, 5.74) is 2.57. The lowest BCUT2D eigenvalue weighted by atomic mass is 10.0. The number of halogens is 2. The van der Waals surface area contributed by atoms with Crippen molar-refractivity contribution in [3.05, 3.63) is 63.9 Å². The molecule has 4 heteroatoms. The Morgan fingerprint density at radius 1 is 1.24 bits per heavy atom. The predicted octanol–water partition coefficient (Wildman–Crippen LogP) is 4.87. The van der Waals surface area contributed by atoms with Gasteiger partial charge in [-0.3, -0.25) is 4.98 Å². The molecule has 0 saturated carbocycles. The van der Waals surface area contributed by atoms with Crippen molar-refractivity contribution in [1.29, 1.82) is 0 Å². The summed E-state index contributed by atoms with van der Waals surface area (Å²) in [6, 6.07) is 10.7. The molecule has 0 radical (unpaired) electrons.